The van der Waals surface area contributed by atoms with E-state index in [0.29, 0.717) is 18.6 Å². The quantitative estimate of drug-likeness (QED) is 0.453. The van der Waals surface area contributed by atoms with Crippen LogP contribution < -0.4 is 21.1 Å². The summed E-state index contributed by atoms with van der Waals surface area (Å²) in [5.74, 6) is 2.73. The highest BCUT2D eigenvalue weighted by atomic mass is 16.5. The number of hydrogen-bond acceptors (Lipinski definition) is 7. The van der Waals surface area contributed by atoms with Crippen LogP contribution in [0.1, 0.15) is 76.6 Å². The molecule has 0 radical (unpaired) electrons. The van der Waals surface area contributed by atoms with Crippen molar-refractivity contribution in [3.8, 4) is 17.1 Å². The first-order valence-electron chi connectivity index (χ1n) is 12.0. The average Bonchev–Trinajstić information content (AvgIpc) is 3.24. The Morgan fingerprint density at radius 1 is 1.06 bits per heavy atom. The predicted octanol–water partition coefficient (Wildman–Crippen LogP) is 4.78. The molecular formula is C25H37N7O. The minimum Gasteiger partial charge on any atom is -0.497 e. The van der Waals surface area contributed by atoms with Gasteiger partial charge < -0.3 is 25.7 Å². The van der Waals surface area contributed by atoms with E-state index < -0.39 is 0 Å². The number of rotatable bonds is 8. The van der Waals surface area contributed by atoms with E-state index in [1.165, 1.54) is 0 Å². The third-order valence-electron chi connectivity index (χ3n) is 6.42. The van der Waals surface area contributed by atoms with Gasteiger partial charge in [-0.3, -0.25) is 0 Å². The van der Waals surface area contributed by atoms with Crippen molar-refractivity contribution in [3.63, 3.8) is 0 Å². The molecule has 0 spiro atoms. The second kappa shape index (κ2) is 9.95. The van der Waals surface area contributed by atoms with E-state index in [1.807, 2.05) is 12.1 Å². The molecular weight excluding hydrogens is 414 g/mol. The number of nitrogens with one attached hydrogen (secondary N) is 2. The molecule has 0 unspecified atom stereocenters. The van der Waals surface area contributed by atoms with Crippen LogP contribution in [0, 0.1) is 0 Å². The minimum atomic E-state index is 0.215. The Morgan fingerprint density at radius 3 is 2.36 bits per heavy atom. The van der Waals surface area contributed by atoms with Gasteiger partial charge in [0.2, 0.25) is 5.95 Å². The fourth-order valence-corrected chi connectivity index (χ4v) is 4.53. The molecule has 8 nitrogen and oxygen atoms in total. The Hall–Kier alpha value is -2.87. The summed E-state index contributed by atoms with van der Waals surface area (Å²) in [5, 5.41) is 16.4. The molecule has 3 aliphatic rings. The fraction of sp³-hybridized carbons (Fsp3) is 0.560. The molecule has 0 amide bonds. The summed E-state index contributed by atoms with van der Waals surface area (Å²) in [6.07, 6.45) is 4.20. The lowest BCUT2D eigenvalue weighted by Crippen LogP contribution is -2.34. The van der Waals surface area contributed by atoms with Crippen LogP contribution in [0.4, 0.5) is 11.8 Å². The smallest absolute Gasteiger partial charge is 0.205 e. The number of ether oxygens (including phenoxy) is 1. The summed E-state index contributed by atoms with van der Waals surface area (Å²) in [5.41, 5.74) is 10.2. The number of nitrogens with two attached hydrogens (primary N) is 1. The Morgan fingerprint density at radius 2 is 1.76 bits per heavy atom. The van der Waals surface area contributed by atoms with Gasteiger partial charge in [-0.05, 0) is 63.1 Å². The van der Waals surface area contributed by atoms with Crippen molar-refractivity contribution in [1.82, 2.24) is 19.7 Å². The van der Waals surface area contributed by atoms with Gasteiger partial charge in [0.05, 0.1) is 18.5 Å². The van der Waals surface area contributed by atoms with Gasteiger partial charge in [-0.15, -0.1) is 5.10 Å². The lowest BCUT2D eigenvalue weighted by Gasteiger charge is -2.30. The Kier molecular flexibility index (Phi) is 7.02. The van der Waals surface area contributed by atoms with Gasteiger partial charge in [-0.1, -0.05) is 26.0 Å². The summed E-state index contributed by atoms with van der Waals surface area (Å²) < 4.78 is 7.54. The van der Waals surface area contributed by atoms with Gasteiger partial charge in [0.1, 0.15) is 5.75 Å². The molecule has 1 aliphatic carbocycles. The van der Waals surface area contributed by atoms with E-state index >= 15 is 0 Å². The Bertz CT molecular complexity index is 1020. The van der Waals surface area contributed by atoms with E-state index in [9.17, 15) is 0 Å². The summed E-state index contributed by atoms with van der Waals surface area (Å²) in [7, 11) is 1.68. The number of methoxy groups -OCH3 is 1. The molecule has 4 rings (SSSR count). The van der Waals surface area contributed by atoms with E-state index in [2.05, 4.69) is 65.2 Å². The molecule has 4 N–H and O–H groups in total. The number of aromatic nitrogens is 4. The van der Waals surface area contributed by atoms with Crippen LogP contribution in [-0.4, -0.2) is 38.9 Å². The Balaban J connectivity index is 1.70. The number of fused-ring (bicyclic) bond motifs is 1. The van der Waals surface area contributed by atoms with Crippen molar-refractivity contribution in [1.29, 1.82) is 0 Å². The maximum atomic E-state index is 6.14. The highest BCUT2D eigenvalue weighted by molar-refractivity contribution is 5.75. The lowest BCUT2D eigenvalue weighted by atomic mass is 9.92. The normalized spacial score (nSPS) is 18.8. The summed E-state index contributed by atoms with van der Waals surface area (Å²) in [6.45, 7) is 9.33. The van der Waals surface area contributed by atoms with E-state index in [1.54, 1.807) is 7.11 Å². The molecule has 0 bridgehead atoms. The fourth-order valence-electron chi connectivity index (χ4n) is 4.53. The molecule has 1 saturated carbocycles. The average molecular weight is 452 g/mol. The van der Waals surface area contributed by atoms with Crippen molar-refractivity contribution >= 4 is 11.8 Å². The first kappa shape index (κ1) is 23.3. The maximum Gasteiger partial charge on any atom is 0.205 e. The first-order valence-corrected chi connectivity index (χ1v) is 12.0. The van der Waals surface area contributed by atoms with E-state index in [-0.39, 0.29) is 12.0 Å². The van der Waals surface area contributed by atoms with Crippen LogP contribution in [-0.2, 0) is 6.54 Å². The monoisotopic (exact) mass is 451 g/mol. The molecule has 1 aromatic rings. The van der Waals surface area contributed by atoms with Crippen molar-refractivity contribution in [2.45, 2.75) is 84.0 Å². The van der Waals surface area contributed by atoms with E-state index in [0.717, 1.165) is 65.8 Å². The molecule has 0 aromatic heterocycles. The van der Waals surface area contributed by atoms with Crippen molar-refractivity contribution in [2.75, 3.05) is 17.7 Å². The highest BCUT2D eigenvalue weighted by Crippen LogP contribution is 2.38. The van der Waals surface area contributed by atoms with Gasteiger partial charge in [0.25, 0.3) is 0 Å². The summed E-state index contributed by atoms with van der Waals surface area (Å²) in [6, 6.07) is 8.95. The van der Waals surface area contributed by atoms with Crippen LogP contribution in [0.25, 0.3) is 11.4 Å². The summed E-state index contributed by atoms with van der Waals surface area (Å²) in [4.78, 5) is 5.04. The third kappa shape index (κ3) is 5.05. The standard InChI is InChI=1S/C25H37N7O/c1-15(2)21-23-22(31-30-21)24(27-14-17-6-12-20(33-5)13-7-17)29-25(32(23)16(3)4)28-19-10-8-18(26)9-11-19/h6-7,12-13,15-16,18-19,27H,8-11,14,26H2,1-5H3,(H,28,29). The van der Waals surface area contributed by atoms with Gasteiger partial charge >= 0.3 is 0 Å². The maximum absolute atomic E-state index is 6.14. The van der Waals surface area contributed by atoms with Crippen LogP contribution in [0.2, 0.25) is 0 Å². The zero-order valence-corrected chi connectivity index (χ0v) is 20.4. The Labute approximate surface area is 196 Å². The van der Waals surface area contributed by atoms with Crippen LogP contribution in [0.3, 0.4) is 0 Å². The second-order valence-electron chi connectivity index (χ2n) is 9.64. The van der Waals surface area contributed by atoms with Gasteiger partial charge in [0.15, 0.2) is 11.5 Å². The van der Waals surface area contributed by atoms with Gasteiger partial charge in [0, 0.05) is 24.7 Å². The number of hydrogen-bond donors (Lipinski definition) is 3. The largest absolute Gasteiger partial charge is 0.497 e. The van der Waals surface area contributed by atoms with Crippen LogP contribution >= 0.6 is 0 Å². The van der Waals surface area contributed by atoms with Gasteiger partial charge in [-0.25, -0.2) is 0 Å². The zero-order chi connectivity index (χ0) is 23.5. The molecule has 178 valence electrons. The molecule has 0 atom stereocenters. The third-order valence-corrected chi connectivity index (χ3v) is 6.42. The molecule has 2 aliphatic heterocycles. The first-order chi connectivity index (χ1) is 15.9. The molecule has 2 heterocycles. The van der Waals surface area contributed by atoms with E-state index in [4.69, 9.17) is 15.5 Å². The predicted molar refractivity (Wildman–Crippen MR) is 133 cm³/mol. The molecule has 1 fully saturated rings. The number of benzene rings is 1. The highest BCUT2D eigenvalue weighted by Gasteiger charge is 2.29. The topological polar surface area (TPSA) is 103 Å². The molecule has 0 saturated heterocycles. The molecule has 33 heavy (non-hydrogen) atoms. The number of anilines is 2. The number of nitrogens with zero attached hydrogens (tertiary/aromatic N) is 4. The van der Waals surface area contributed by atoms with Crippen molar-refractivity contribution in [3.05, 3.63) is 35.5 Å². The zero-order valence-electron chi connectivity index (χ0n) is 20.4. The minimum absolute atomic E-state index is 0.215. The van der Waals surface area contributed by atoms with Crippen molar-refractivity contribution < 1.29 is 4.74 Å². The lowest BCUT2D eigenvalue weighted by molar-refractivity contribution is 0.407. The second-order valence-corrected chi connectivity index (χ2v) is 9.64. The van der Waals surface area contributed by atoms with Crippen LogP contribution in [0.5, 0.6) is 5.75 Å². The molecule has 1 aromatic carbocycles. The summed E-state index contributed by atoms with van der Waals surface area (Å²) >= 11 is 0. The van der Waals surface area contributed by atoms with Crippen LogP contribution in [0.15, 0.2) is 24.3 Å². The SMILES string of the molecule is COc1ccc(CNc2nc(NC3CCC(N)CC3)n(C(C)C)c3c(C(C)C)nnc2-3)cc1. The van der Waals surface area contributed by atoms with Crippen molar-refractivity contribution in [2.24, 2.45) is 5.73 Å². The van der Waals surface area contributed by atoms with Gasteiger partial charge in [-0.2, -0.15) is 10.1 Å². The molecule has 8 heteroatoms.